The summed E-state index contributed by atoms with van der Waals surface area (Å²) in [6.07, 6.45) is 2.55. The van der Waals surface area contributed by atoms with E-state index < -0.39 is 5.82 Å². The molecule has 0 spiro atoms. The van der Waals surface area contributed by atoms with Gasteiger partial charge in [0.15, 0.2) is 0 Å². The van der Waals surface area contributed by atoms with Crippen LogP contribution in [0.5, 0.6) is 0 Å². The number of hydrogen-bond acceptors (Lipinski definition) is 2. The minimum Gasteiger partial charge on any atom is -0.385 e. The van der Waals surface area contributed by atoms with Gasteiger partial charge in [-0.2, -0.15) is 0 Å². The Morgan fingerprint density at radius 1 is 1.35 bits per heavy atom. The molecule has 0 aliphatic heterocycles. The molecule has 110 valence electrons. The maximum absolute atomic E-state index is 13.6. The number of nitrogens with zero attached hydrogens (tertiary/aromatic N) is 2. The number of unbranched alkanes of at least 4 members (excludes halogenated alkanes) is 1. The molecule has 2 rings (SSSR count). The number of imidazole rings is 1. The lowest BCUT2D eigenvalue weighted by Crippen LogP contribution is -2.06. The number of rotatable bonds is 7. The van der Waals surface area contributed by atoms with Crippen molar-refractivity contribution in [3.8, 4) is 0 Å². The second-order valence-electron chi connectivity index (χ2n) is 4.57. The third kappa shape index (κ3) is 3.43. The molecular formula is C14H17Cl2FN2O. The molecule has 1 heterocycles. The molecule has 0 saturated heterocycles. The number of halogens is 3. The maximum Gasteiger partial charge on any atom is 0.144 e. The molecule has 1 aromatic heterocycles. The zero-order valence-corrected chi connectivity index (χ0v) is 12.8. The van der Waals surface area contributed by atoms with Crippen LogP contribution >= 0.6 is 23.2 Å². The lowest BCUT2D eigenvalue weighted by atomic mass is 10.2. The van der Waals surface area contributed by atoms with E-state index >= 15 is 0 Å². The molecular weight excluding hydrogens is 302 g/mol. The van der Waals surface area contributed by atoms with Gasteiger partial charge in [-0.1, -0.05) is 11.6 Å². The maximum atomic E-state index is 13.6. The van der Waals surface area contributed by atoms with E-state index in [0.29, 0.717) is 17.8 Å². The quantitative estimate of drug-likeness (QED) is 0.569. The van der Waals surface area contributed by atoms with Crippen LogP contribution in [0.1, 0.15) is 18.7 Å². The molecule has 0 saturated carbocycles. The predicted molar refractivity (Wildman–Crippen MR) is 80.2 cm³/mol. The third-order valence-corrected chi connectivity index (χ3v) is 3.65. The van der Waals surface area contributed by atoms with E-state index in [2.05, 4.69) is 4.98 Å². The summed E-state index contributed by atoms with van der Waals surface area (Å²) >= 11 is 11.6. The van der Waals surface area contributed by atoms with Gasteiger partial charge in [0, 0.05) is 38.6 Å². The number of methoxy groups -OCH3 is 1. The van der Waals surface area contributed by atoms with E-state index in [4.69, 9.17) is 27.9 Å². The van der Waals surface area contributed by atoms with Crippen molar-refractivity contribution >= 4 is 34.2 Å². The number of hydrogen-bond donors (Lipinski definition) is 0. The summed E-state index contributed by atoms with van der Waals surface area (Å²) < 4.78 is 20.7. The van der Waals surface area contributed by atoms with Crippen LogP contribution in [-0.4, -0.2) is 29.1 Å². The SMILES string of the molecule is COCCCCn1c(CCCl)nc2cc(Cl)c(F)cc21. The Hall–Kier alpha value is -0.840. The normalized spacial score (nSPS) is 11.4. The van der Waals surface area contributed by atoms with Crippen molar-refractivity contribution in [3.63, 3.8) is 0 Å². The molecule has 0 N–H and O–H groups in total. The van der Waals surface area contributed by atoms with E-state index in [9.17, 15) is 4.39 Å². The lowest BCUT2D eigenvalue weighted by Gasteiger charge is -2.08. The molecule has 0 aliphatic carbocycles. The molecule has 0 amide bonds. The summed E-state index contributed by atoms with van der Waals surface area (Å²) in [7, 11) is 1.68. The molecule has 0 radical (unpaired) electrons. The van der Waals surface area contributed by atoms with E-state index in [1.54, 1.807) is 13.2 Å². The number of ether oxygens (including phenoxy) is 1. The van der Waals surface area contributed by atoms with Gasteiger partial charge in [-0.15, -0.1) is 11.6 Å². The highest BCUT2D eigenvalue weighted by Gasteiger charge is 2.13. The van der Waals surface area contributed by atoms with Crippen LogP contribution in [0.2, 0.25) is 5.02 Å². The zero-order valence-electron chi connectivity index (χ0n) is 11.3. The average molecular weight is 319 g/mol. The number of alkyl halides is 1. The van der Waals surface area contributed by atoms with Gasteiger partial charge >= 0.3 is 0 Å². The molecule has 2 aromatic rings. The Kier molecular flexibility index (Phi) is 5.64. The highest BCUT2D eigenvalue weighted by Crippen LogP contribution is 2.24. The molecule has 0 atom stereocenters. The number of aryl methyl sites for hydroxylation is 2. The Bertz CT molecular complexity index is 586. The summed E-state index contributed by atoms with van der Waals surface area (Å²) in [5, 5.41) is 0.0963. The minimum absolute atomic E-state index is 0.0963. The standard InChI is InChI=1S/C14H17Cl2FN2O/c1-20-7-3-2-6-19-13-9-11(17)10(16)8-12(13)18-14(19)4-5-15/h8-9H,2-7H2,1H3. The van der Waals surface area contributed by atoms with Crippen LogP contribution < -0.4 is 0 Å². The van der Waals surface area contributed by atoms with Crippen LogP contribution in [0.4, 0.5) is 4.39 Å². The van der Waals surface area contributed by atoms with Crippen molar-refractivity contribution in [2.75, 3.05) is 19.6 Å². The van der Waals surface area contributed by atoms with Crippen molar-refractivity contribution < 1.29 is 9.13 Å². The first-order chi connectivity index (χ1) is 9.67. The summed E-state index contributed by atoms with van der Waals surface area (Å²) in [5.41, 5.74) is 1.48. The Labute approximate surface area is 127 Å². The summed E-state index contributed by atoms with van der Waals surface area (Å²) in [6.45, 7) is 1.49. The van der Waals surface area contributed by atoms with E-state index in [0.717, 1.165) is 37.3 Å². The second-order valence-corrected chi connectivity index (χ2v) is 5.36. The van der Waals surface area contributed by atoms with Gasteiger partial charge in [0.1, 0.15) is 11.6 Å². The number of fused-ring (bicyclic) bond motifs is 1. The van der Waals surface area contributed by atoms with Crippen molar-refractivity contribution in [1.82, 2.24) is 9.55 Å². The van der Waals surface area contributed by atoms with Crippen LogP contribution in [0.15, 0.2) is 12.1 Å². The van der Waals surface area contributed by atoms with Crippen molar-refractivity contribution in [1.29, 1.82) is 0 Å². The topological polar surface area (TPSA) is 27.1 Å². The van der Waals surface area contributed by atoms with Crippen LogP contribution in [-0.2, 0) is 17.7 Å². The highest BCUT2D eigenvalue weighted by atomic mass is 35.5. The summed E-state index contributed by atoms with van der Waals surface area (Å²) in [5.74, 6) is 0.932. The predicted octanol–water partition coefficient (Wildman–Crippen LogP) is 4.04. The fourth-order valence-corrected chi connectivity index (χ4v) is 2.54. The molecule has 0 unspecified atom stereocenters. The van der Waals surface area contributed by atoms with Gasteiger partial charge in [-0.25, -0.2) is 9.37 Å². The molecule has 0 fully saturated rings. The molecule has 0 aliphatic rings. The Balaban J connectivity index is 2.32. The zero-order chi connectivity index (χ0) is 14.5. The van der Waals surface area contributed by atoms with Gasteiger partial charge in [-0.3, -0.25) is 0 Å². The number of benzene rings is 1. The molecule has 6 heteroatoms. The average Bonchev–Trinajstić information content (AvgIpc) is 2.73. The first-order valence-electron chi connectivity index (χ1n) is 6.56. The Morgan fingerprint density at radius 2 is 2.15 bits per heavy atom. The van der Waals surface area contributed by atoms with Crippen molar-refractivity contribution in [2.45, 2.75) is 25.8 Å². The molecule has 3 nitrogen and oxygen atoms in total. The third-order valence-electron chi connectivity index (χ3n) is 3.17. The van der Waals surface area contributed by atoms with Gasteiger partial charge < -0.3 is 9.30 Å². The van der Waals surface area contributed by atoms with Gasteiger partial charge in [-0.05, 0) is 18.9 Å². The summed E-state index contributed by atoms with van der Waals surface area (Å²) in [6, 6.07) is 3.01. The monoisotopic (exact) mass is 318 g/mol. The molecule has 20 heavy (non-hydrogen) atoms. The smallest absolute Gasteiger partial charge is 0.144 e. The Morgan fingerprint density at radius 3 is 2.85 bits per heavy atom. The van der Waals surface area contributed by atoms with Gasteiger partial charge in [0.2, 0.25) is 0 Å². The van der Waals surface area contributed by atoms with Gasteiger partial charge in [0.25, 0.3) is 0 Å². The van der Waals surface area contributed by atoms with Crippen LogP contribution in [0, 0.1) is 5.82 Å². The van der Waals surface area contributed by atoms with E-state index in [-0.39, 0.29) is 5.02 Å². The fourth-order valence-electron chi connectivity index (χ4n) is 2.21. The first kappa shape index (κ1) is 15.5. The van der Waals surface area contributed by atoms with Crippen LogP contribution in [0.3, 0.4) is 0 Å². The van der Waals surface area contributed by atoms with E-state index in [1.165, 1.54) is 6.07 Å². The summed E-state index contributed by atoms with van der Waals surface area (Å²) in [4.78, 5) is 4.50. The van der Waals surface area contributed by atoms with E-state index in [1.807, 2.05) is 4.57 Å². The second kappa shape index (κ2) is 7.25. The number of aromatic nitrogens is 2. The van der Waals surface area contributed by atoms with Crippen LogP contribution in [0.25, 0.3) is 11.0 Å². The largest absolute Gasteiger partial charge is 0.385 e. The fraction of sp³-hybridized carbons (Fsp3) is 0.500. The highest BCUT2D eigenvalue weighted by molar-refractivity contribution is 6.31. The lowest BCUT2D eigenvalue weighted by molar-refractivity contribution is 0.191. The van der Waals surface area contributed by atoms with Crippen molar-refractivity contribution in [2.24, 2.45) is 0 Å². The van der Waals surface area contributed by atoms with Gasteiger partial charge in [0.05, 0.1) is 16.1 Å². The van der Waals surface area contributed by atoms with Crippen molar-refractivity contribution in [3.05, 3.63) is 28.8 Å². The molecule has 0 bridgehead atoms. The first-order valence-corrected chi connectivity index (χ1v) is 7.47. The minimum atomic E-state index is -0.422. The molecule has 1 aromatic carbocycles.